The van der Waals surface area contributed by atoms with Gasteiger partial charge in [-0.15, -0.1) is 0 Å². The molecule has 0 spiro atoms. The van der Waals surface area contributed by atoms with Crippen LogP contribution in [0.15, 0.2) is 11.6 Å². The summed E-state index contributed by atoms with van der Waals surface area (Å²) in [6.07, 6.45) is 9.03. The van der Waals surface area contributed by atoms with Crippen molar-refractivity contribution >= 4 is 5.97 Å². The topological polar surface area (TPSA) is 81.8 Å². The number of allylic oxidation sites excluding steroid dienone is 1. The minimum Gasteiger partial charge on any atom is -0.481 e. The third kappa shape index (κ3) is 4.28. The normalized spacial score (nSPS) is 48.9. The van der Waals surface area contributed by atoms with Crippen LogP contribution in [0.3, 0.4) is 0 Å². The van der Waals surface area contributed by atoms with Gasteiger partial charge >= 0.3 is 5.97 Å². The number of ether oxygens (including phenoxy) is 2. The Morgan fingerprint density at radius 2 is 1.76 bits per heavy atom. The highest BCUT2D eigenvalue weighted by Crippen LogP contribution is 2.75. The van der Waals surface area contributed by atoms with E-state index in [0.717, 1.165) is 45.3 Å². The SMILES string of the molecule is CC(C)[C@@H](C)[C@@]1(C)CC[C@]2(C)[C@H]3CC[C@@H]4[C@@]5(COC[C@]4(C)[C@@H](OC[C@@](C)(N)C(C)C)[C@H](C)C5)C3=CC[C@@]2(C)[C@@H]1C(=O)O. The Morgan fingerprint density at radius 1 is 1.10 bits per heavy atom. The summed E-state index contributed by atoms with van der Waals surface area (Å²) in [5, 5.41) is 10.9. The van der Waals surface area contributed by atoms with Crippen LogP contribution < -0.4 is 5.73 Å². The Kier molecular flexibility index (Phi) is 7.97. The van der Waals surface area contributed by atoms with Gasteiger partial charge in [0.2, 0.25) is 0 Å². The smallest absolute Gasteiger partial charge is 0.307 e. The fourth-order valence-corrected chi connectivity index (χ4v) is 11.8. The molecule has 1 aliphatic heterocycles. The van der Waals surface area contributed by atoms with Gasteiger partial charge in [0, 0.05) is 16.4 Å². The first-order valence-corrected chi connectivity index (χ1v) is 17.2. The quantitative estimate of drug-likeness (QED) is 0.296. The molecule has 42 heavy (non-hydrogen) atoms. The third-order valence-electron chi connectivity index (χ3n) is 15.3. The van der Waals surface area contributed by atoms with E-state index in [1.165, 1.54) is 6.42 Å². The van der Waals surface area contributed by atoms with Crippen molar-refractivity contribution in [3.63, 3.8) is 0 Å². The molecule has 1 saturated heterocycles. The van der Waals surface area contributed by atoms with Crippen molar-refractivity contribution in [2.45, 2.75) is 126 Å². The van der Waals surface area contributed by atoms with Crippen molar-refractivity contribution in [2.75, 3.05) is 19.8 Å². The van der Waals surface area contributed by atoms with Crippen LogP contribution in [-0.4, -0.2) is 42.5 Å². The van der Waals surface area contributed by atoms with Gasteiger partial charge in [0.1, 0.15) is 0 Å². The van der Waals surface area contributed by atoms with Gasteiger partial charge in [-0.05, 0) is 97.2 Å². The Labute approximate surface area is 257 Å². The fourth-order valence-electron chi connectivity index (χ4n) is 11.8. The van der Waals surface area contributed by atoms with Crippen molar-refractivity contribution in [1.82, 2.24) is 0 Å². The molecule has 3 saturated carbocycles. The molecule has 4 aliphatic carbocycles. The van der Waals surface area contributed by atoms with Gasteiger partial charge in [-0.3, -0.25) is 4.79 Å². The molecule has 5 rings (SSSR count). The van der Waals surface area contributed by atoms with Gasteiger partial charge < -0.3 is 20.3 Å². The minimum atomic E-state index is -0.588. The van der Waals surface area contributed by atoms with Crippen LogP contribution in [0.5, 0.6) is 0 Å². The van der Waals surface area contributed by atoms with E-state index in [4.69, 9.17) is 15.2 Å². The van der Waals surface area contributed by atoms with Crippen molar-refractivity contribution in [1.29, 1.82) is 0 Å². The molecular formula is C37H63NO4. The van der Waals surface area contributed by atoms with Gasteiger partial charge in [-0.1, -0.05) is 80.9 Å². The lowest BCUT2D eigenvalue weighted by molar-refractivity contribution is -0.253. The average molecular weight is 586 g/mol. The second-order valence-corrected chi connectivity index (χ2v) is 17.9. The van der Waals surface area contributed by atoms with Crippen LogP contribution in [0, 0.1) is 68.5 Å². The first kappa shape index (κ1) is 32.5. The summed E-state index contributed by atoms with van der Waals surface area (Å²) in [6, 6.07) is 0. The van der Waals surface area contributed by atoms with Crippen LogP contribution in [0.1, 0.15) is 115 Å². The van der Waals surface area contributed by atoms with Crippen molar-refractivity contribution in [3.8, 4) is 0 Å². The van der Waals surface area contributed by atoms with E-state index in [2.05, 4.69) is 82.2 Å². The third-order valence-corrected chi connectivity index (χ3v) is 15.3. The van der Waals surface area contributed by atoms with Crippen LogP contribution in [0.2, 0.25) is 0 Å². The maximum absolute atomic E-state index is 13.3. The molecule has 0 radical (unpaired) electrons. The largest absolute Gasteiger partial charge is 0.481 e. The number of rotatable bonds is 7. The fraction of sp³-hybridized carbons (Fsp3) is 0.919. The van der Waals surface area contributed by atoms with Crippen LogP contribution >= 0.6 is 0 Å². The highest BCUT2D eigenvalue weighted by Gasteiger charge is 2.71. The van der Waals surface area contributed by atoms with E-state index in [1.54, 1.807) is 5.57 Å². The number of carboxylic acids is 1. The molecule has 0 amide bonds. The van der Waals surface area contributed by atoms with Crippen molar-refractivity contribution in [3.05, 3.63) is 11.6 Å². The van der Waals surface area contributed by atoms with Crippen LogP contribution in [0.25, 0.3) is 0 Å². The molecule has 5 heteroatoms. The predicted octanol–water partition coefficient (Wildman–Crippen LogP) is 7.97. The van der Waals surface area contributed by atoms with Gasteiger partial charge in [-0.2, -0.15) is 0 Å². The van der Waals surface area contributed by atoms with E-state index in [-0.39, 0.29) is 44.6 Å². The zero-order valence-corrected chi connectivity index (χ0v) is 28.8. The number of aliphatic carboxylic acids is 1. The molecule has 0 aromatic rings. The maximum Gasteiger partial charge on any atom is 0.307 e. The number of fused-ring (bicyclic) bond motifs is 3. The summed E-state index contributed by atoms with van der Waals surface area (Å²) < 4.78 is 13.4. The highest BCUT2D eigenvalue weighted by molar-refractivity contribution is 5.73. The van der Waals surface area contributed by atoms with Crippen molar-refractivity contribution < 1.29 is 19.4 Å². The molecule has 3 N–H and O–H groups in total. The Balaban J connectivity index is 1.53. The molecular weight excluding hydrogens is 522 g/mol. The van der Waals surface area contributed by atoms with E-state index in [0.29, 0.717) is 42.1 Å². The number of carbonyl (C=O) groups is 1. The predicted molar refractivity (Wildman–Crippen MR) is 170 cm³/mol. The molecule has 0 unspecified atom stereocenters. The van der Waals surface area contributed by atoms with E-state index < -0.39 is 5.97 Å². The second kappa shape index (κ2) is 10.3. The van der Waals surface area contributed by atoms with E-state index >= 15 is 0 Å². The van der Waals surface area contributed by atoms with E-state index in [1.807, 2.05) is 0 Å². The Hall–Kier alpha value is -0.910. The first-order chi connectivity index (χ1) is 19.3. The molecule has 240 valence electrons. The lowest BCUT2D eigenvalue weighted by Crippen LogP contribution is -2.69. The van der Waals surface area contributed by atoms with Crippen molar-refractivity contribution in [2.24, 2.45) is 74.2 Å². The monoisotopic (exact) mass is 585 g/mol. The van der Waals surface area contributed by atoms with Crippen LogP contribution in [-0.2, 0) is 14.3 Å². The van der Waals surface area contributed by atoms with Gasteiger partial charge in [0.05, 0.1) is 31.8 Å². The summed E-state index contributed by atoms with van der Waals surface area (Å²) in [5.74, 6) is 1.57. The highest BCUT2D eigenvalue weighted by atomic mass is 16.5. The number of hydrogen-bond acceptors (Lipinski definition) is 4. The molecule has 0 aromatic heterocycles. The summed E-state index contributed by atoms with van der Waals surface area (Å²) in [6.45, 7) is 27.4. The summed E-state index contributed by atoms with van der Waals surface area (Å²) in [7, 11) is 0. The maximum atomic E-state index is 13.3. The van der Waals surface area contributed by atoms with Gasteiger partial charge in [-0.25, -0.2) is 0 Å². The minimum absolute atomic E-state index is 0.0221. The van der Waals surface area contributed by atoms with Crippen LogP contribution in [0.4, 0.5) is 0 Å². The molecule has 0 aromatic carbocycles. The second-order valence-electron chi connectivity index (χ2n) is 17.9. The standard InChI is InChI=1S/C37H63NO4/c1-22(2)25(6)32(7)16-17-34(9)26-12-13-28-33(8)19-41-21-37(28,27(26)14-15-35(34,10)29(32)31(39)40)18-24(5)30(33)42-20-36(11,38)23(3)4/h14,22-26,28-30H,12-13,15-21,38H2,1-11H3,(H,39,40)/t24-,25-,26+,28+,29-,30+,32-,33+,34-,35+,36-,37+/m1/s1. The summed E-state index contributed by atoms with van der Waals surface area (Å²) in [5.41, 5.74) is 7.38. The first-order valence-electron chi connectivity index (χ1n) is 17.2. The lowest BCUT2D eigenvalue weighted by Gasteiger charge is -2.71. The molecule has 4 fully saturated rings. The summed E-state index contributed by atoms with van der Waals surface area (Å²) in [4.78, 5) is 13.3. The van der Waals surface area contributed by atoms with Gasteiger partial charge in [0.15, 0.2) is 0 Å². The molecule has 12 atom stereocenters. The average Bonchev–Trinajstić information content (AvgIpc) is 2.88. The Morgan fingerprint density at radius 3 is 2.36 bits per heavy atom. The Bertz CT molecular complexity index is 1100. The zero-order chi connectivity index (χ0) is 31.3. The number of carboxylic acid groups (broad SMARTS) is 1. The molecule has 1 heterocycles. The van der Waals surface area contributed by atoms with E-state index in [9.17, 15) is 9.90 Å². The van der Waals surface area contributed by atoms with Gasteiger partial charge in [0.25, 0.3) is 0 Å². The molecule has 5 nitrogen and oxygen atoms in total. The molecule has 2 bridgehead atoms. The number of nitrogens with two attached hydrogens (primary N) is 1. The lowest BCUT2D eigenvalue weighted by atomic mass is 9.34. The zero-order valence-electron chi connectivity index (χ0n) is 28.8. The number of hydrogen-bond donors (Lipinski definition) is 2. The molecule has 5 aliphatic rings. The summed E-state index contributed by atoms with van der Waals surface area (Å²) >= 11 is 0.